The van der Waals surface area contributed by atoms with Crippen LogP contribution in [0.2, 0.25) is 0 Å². The average Bonchev–Trinajstić information content (AvgIpc) is 2.95. The van der Waals surface area contributed by atoms with E-state index >= 15 is 0 Å². The highest BCUT2D eigenvalue weighted by molar-refractivity contribution is 5.26. The van der Waals surface area contributed by atoms with Crippen LogP contribution in [0, 0.1) is 23.2 Å². The van der Waals surface area contributed by atoms with Crippen LogP contribution in [-0.4, -0.2) is 33.1 Å². The molecular weight excluding hydrogens is 360 g/mol. The SMILES string of the molecule is C[C@H](CCCC(C)(C)O)[C@H]1CC[C@H]2C(=CC=C3C[C@@H](O)C[C@@H](O)C3)CCC[C@]12C. The third-order valence-corrected chi connectivity index (χ3v) is 8.25. The maximum atomic E-state index is 10.0. The molecule has 3 nitrogen and oxygen atoms in total. The molecule has 6 atom stereocenters. The van der Waals surface area contributed by atoms with Crippen LogP contribution >= 0.6 is 0 Å². The van der Waals surface area contributed by atoms with E-state index in [-0.39, 0.29) is 12.2 Å². The molecule has 0 aromatic rings. The van der Waals surface area contributed by atoms with Crippen LogP contribution in [-0.2, 0) is 0 Å². The van der Waals surface area contributed by atoms with Gasteiger partial charge in [-0.25, -0.2) is 0 Å². The molecule has 29 heavy (non-hydrogen) atoms. The summed E-state index contributed by atoms with van der Waals surface area (Å²) in [6, 6.07) is 0. The molecule has 3 rings (SSSR count). The molecule has 3 fully saturated rings. The number of hydrogen-bond acceptors (Lipinski definition) is 3. The summed E-state index contributed by atoms with van der Waals surface area (Å²) < 4.78 is 0. The molecule has 166 valence electrons. The third-order valence-electron chi connectivity index (χ3n) is 8.25. The number of hydrogen-bond donors (Lipinski definition) is 3. The van der Waals surface area contributed by atoms with Crippen LogP contribution < -0.4 is 0 Å². The zero-order valence-corrected chi connectivity index (χ0v) is 19.2. The summed E-state index contributed by atoms with van der Waals surface area (Å²) in [5, 5.41) is 29.9. The summed E-state index contributed by atoms with van der Waals surface area (Å²) in [6.07, 6.45) is 15.4. The molecule has 0 amide bonds. The van der Waals surface area contributed by atoms with Gasteiger partial charge in [0.1, 0.15) is 0 Å². The van der Waals surface area contributed by atoms with Crippen LogP contribution in [0.25, 0.3) is 0 Å². The molecule has 3 saturated carbocycles. The summed E-state index contributed by atoms with van der Waals surface area (Å²) in [6.45, 7) is 8.81. The molecule has 0 aromatic carbocycles. The largest absolute Gasteiger partial charge is 0.393 e. The van der Waals surface area contributed by atoms with E-state index in [0.29, 0.717) is 36.5 Å². The first kappa shape index (κ1) is 23.0. The van der Waals surface area contributed by atoms with Gasteiger partial charge in [-0.05, 0) is 94.8 Å². The minimum Gasteiger partial charge on any atom is -0.393 e. The van der Waals surface area contributed by atoms with Gasteiger partial charge < -0.3 is 15.3 Å². The molecule has 0 saturated heterocycles. The van der Waals surface area contributed by atoms with Crippen molar-refractivity contribution in [3.05, 3.63) is 23.3 Å². The van der Waals surface area contributed by atoms with E-state index in [2.05, 4.69) is 26.0 Å². The second-order valence-corrected chi connectivity index (χ2v) is 11.3. The van der Waals surface area contributed by atoms with Crippen molar-refractivity contribution in [1.29, 1.82) is 0 Å². The Bertz CT molecular complexity index is 602. The number of fused-ring (bicyclic) bond motifs is 1. The van der Waals surface area contributed by atoms with Crippen molar-refractivity contribution in [2.45, 2.75) is 116 Å². The summed E-state index contributed by atoms with van der Waals surface area (Å²) >= 11 is 0. The Kier molecular flexibility index (Phi) is 7.34. The van der Waals surface area contributed by atoms with Gasteiger partial charge in [0.15, 0.2) is 0 Å². The molecule has 0 aliphatic heterocycles. The fourth-order valence-corrected chi connectivity index (χ4v) is 6.80. The molecule has 3 heteroatoms. The summed E-state index contributed by atoms with van der Waals surface area (Å²) in [5.74, 6) is 2.19. The number of aliphatic hydroxyl groups is 3. The lowest BCUT2D eigenvalue weighted by atomic mass is 9.60. The summed E-state index contributed by atoms with van der Waals surface area (Å²) in [4.78, 5) is 0. The van der Waals surface area contributed by atoms with Crippen molar-refractivity contribution < 1.29 is 15.3 Å². The second-order valence-electron chi connectivity index (χ2n) is 11.3. The van der Waals surface area contributed by atoms with Crippen LogP contribution in [0.4, 0.5) is 0 Å². The molecule has 3 aliphatic rings. The lowest BCUT2D eigenvalue weighted by molar-refractivity contribution is 0.0591. The number of rotatable bonds is 6. The van der Waals surface area contributed by atoms with E-state index in [1.807, 2.05) is 13.8 Å². The van der Waals surface area contributed by atoms with Crippen LogP contribution in [0.15, 0.2) is 23.3 Å². The highest BCUT2D eigenvalue weighted by atomic mass is 16.3. The van der Waals surface area contributed by atoms with E-state index < -0.39 is 5.60 Å². The minimum atomic E-state index is -0.545. The van der Waals surface area contributed by atoms with Gasteiger partial charge in [0.25, 0.3) is 0 Å². The smallest absolute Gasteiger partial charge is 0.0602 e. The fraction of sp³-hybridized carbons (Fsp3) is 0.846. The molecular formula is C26H44O3. The Labute approximate surface area is 178 Å². The van der Waals surface area contributed by atoms with Crippen molar-refractivity contribution in [3.8, 4) is 0 Å². The van der Waals surface area contributed by atoms with E-state index in [1.54, 1.807) is 5.57 Å². The second kappa shape index (κ2) is 9.24. The lowest BCUT2D eigenvalue weighted by Crippen LogP contribution is -2.36. The number of allylic oxidation sites excluding steroid dienone is 3. The Balaban J connectivity index is 1.66. The van der Waals surface area contributed by atoms with Gasteiger partial charge in [-0.2, -0.15) is 0 Å². The summed E-state index contributed by atoms with van der Waals surface area (Å²) in [7, 11) is 0. The normalized spacial score (nSPS) is 39.7. The van der Waals surface area contributed by atoms with Gasteiger partial charge in [-0.3, -0.25) is 0 Å². The first-order valence-electron chi connectivity index (χ1n) is 12.1. The van der Waals surface area contributed by atoms with Gasteiger partial charge in [0, 0.05) is 0 Å². The van der Waals surface area contributed by atoms with Crippen molar-refractivity contribution in [2.75, 3.05) is 0 Å². The molecule has 0 aromatic heterocycles. The van der Waals surface area contributed by atoms with E-state index in [9.17, 15) is 15.3 Å². The van der Waals surface area contributed by atoms with Gasteiger partial charge >= 0.3 is 0 Å². The predicted molar refractivity (Wildman–Crippen MR) is 120 cm³/mol. The monoisotopic (exact) mass is 404 g/mol. The van der Waals surface area contributed by atoms with Crippen molar-refractivity contribution >= 4 is 0 Å². The molecule has 3 aliphatic carbocycles. The predicted octanol–water partition coefficient (Wildman–Crippen LogP) is 5.54. The van der Waals surface area contributed by atoms with E-state index in [1.165, 1.54) is 44.1 Å². The average molecular weight is 405 g/mol. The van der Waals surface area contributed by atoms with E-state index in [0.717, 1.165) is 18.8 Å². The molecule has 0 spiro atoms. The Morgan fingerprint density at radius 2 is 1.83 bits per heavy atom. The minimum absolute atomic E-state index is 0.388. The Morgan fingerprint density at radius 3 is 2.48 bits per heavy atom. The van der Waals surface area contributed by atoms with Gasteiger partial charge in [0.2, 0.25) is 0 Å². The van der Waals surface area contributed by atoms with Crippen LogP contribution in [0.1, 0.15) is 98.3 Å². The molecule has 0 bridgehead atoms. The first-order valence-corrected chi connectivity index (χ1v) is 12.1. The third kappa shape index (κ3) is 5.74. The quantitative estimate of drug-likeness (QED) is 0.545. The highest BCUT2D eigenvalue weighted by Crippen LogP contribution is 2.59. The van der Waals surface area contributed by atoms with Crippen molar-refractivity contribution in [1.82, 2.24) is 0 Å². The molecule has 0 unspecified atom stereocenters. The van der Waals surface area contributed by atoms with E-state index in [4.69, 9.17) is 0 Å². The molecule has 0 heterocycles. The maximum Gasteiger partial charge on any atom is 0.0602 e. The highest BCUT2D eigenvalue weighted by Gasteiger charge is 2.50. The standard InChI is InChI=1S/C26H44O3/c1-18(7-5-13-25(2,3)29)23-11-12-24-20(8-6-14-26(23,24)4)10-9-19-15-21(27)17-22(28)16-19/h9-10,18,21-24,27-29H,5-8,11-17H2,1-4H3/t18-,21-,22+,23-,24+,26-/m1/s1. The zero-order valence-electron chi connectivity index (χ0n) is 19.2. The first-order chi connectivity index (χ1) is 13.6. The van der Waals surface area contributed by atoms with Gasteiger partial charge in [-0.15, -0.1) is 0 Å². The number of aliphatic hydroxyl groups excluding tert-OH is 2. The Hall–Kier alpha value is -0.640. The fourth-order valence-electron chi connectivity index (χ4n) is 6.80. The maximum absolute atomic E-state index is 10.0. The van der Waals surface area contributed by atoms with Gasteiger partial charge in [-0.1, -0.05) is 50.0 Å². The lowest BCUT2D eigenvalue weighted by Gasteiger charge is -2.44. The summed E-state index contributed by atoms with van der Waals surface area (Å²) in [5.41, 5.74) is 2.66. The topological polar surface area (TPSA) is 60.7 Å². The van der Waals surface area contributed by atoms with Crippen LogP contribution in [0.5, 0.6) is 0 Å². The molecule has 3 N–H and O–H groups in total. The zero-order chi connectivity index (χ0) is 21.2. The van der Waals surface area contributed by atoms with Crippen molar-refractivity contribution in [2.24, 2.45) is 23.2 Å². The van der Waals surface area contributed by atoms with Gasteiger partial charge in [0.05, 0.1) is 17.8 Å². The van der Waals surface area contributed by atoms with Crippen molar-refractivity contribution in [3.63, 3.8) is 0 Å². The molecule has 0 radical (unpaired) electrons. The van der Waals surface area contributed by atoms with Crippen LogP contribution in [0.3, 0.4) is 0 Å². The Morgan fingerprint density at radius 1 is 1.14 bits per heavy atom.